The van der Waals surface area contributed by atoms with Gasteiger partial charge in [0, 0.05) is 60.3 Å². The maximum absolute atomic E-state index is 13.0. The van der Waals surface area contributed by atoms with Gasteiger partial charge in [-0.1, -0.05) is 24.3 Å². The van der Waals surface area contributed by atoms with Gasteiger partial charge < -0.3 is 21.3 Å². The van der Waals surface area contributed by atoms with Gasteiger partial charge in [0.1, 0.15) is 17.2 Å². The zero-order chi connectivity index (χ0) is 27.2. The third-order valence-corrected chi connectivity index (χ3v) is 6.28. The number of nitrogens with one attached hydrogen (secondary N) is 4. The lowest BCUT2D eigenvalue weighted by Gasteiger charge is -2.15. The predicted molar refractivity (Wildman–Crippen MR) is 157 cm³/mol. The number of anilines is 2. The Balaban J connectivity index is 0.00000370. The minimum Gasteiger partial charge on any atom is -0.370 e. The second kappa shape index (κ2) is 12.9. The first-order valence-corrected chi connectivity index (χ1v) is 12.7. The quantitative estimate of drug-likeness (QED) is 0.253. The number of amidine groups is 2. The van der Waals surface area contributed by atoms with Gasteiger partial charge in [-0.25, -0.2) is 0 Å². The molecule has 4 N–H and O–H groups in total. The van der Waals surface area contributed by atoms with Crippen LogP contribution in [0.15, 0.2) is 76.7 Å². The van der Waals surface area contributed by atoms with E-state index >= 15 is 0 Å². The van der Waals surface area contributed by atoms with Crippen molar-refractivity contribution < 1.29 is 14.5 Å². The van der Waals surface area contributed by atoms with E-state index < -0.39 is 22.4 Å². The van der Waals surface area contributed by atoms with Crippen molar-refractivity contribution in [2.24, 2.45) is 9.98 Å². The topological polar surface area (TPSA) is 150 Å². The van der Waals surface area contributed by atoms with Crippen molar-refractivity contribution in [3.63, 3.8) is 0 Å². The molecule has 11 nitrogen and oxygen atoms in total. The number of nitro groups is 1. The Bertz CT molecular complexity index is 1510. The average molecular weight is 562 g/mol. The molecule has 40 heavy (non-hydrogen) atoms. The number of hydrogen-bond donors (Lipinski definition) is 4. The Kier molecular flexibility index (Phi) is 9.07. The molecule has 12 heteroatoms. The van der Waals surface area contributed by atoms with Crippen LogP contribution in [0.4, 0.5) is 17.1 Å². The monoisotopic (exact) mass is 561 g/mol. The van der Waals surface area contributed by atoms with E-state index in [1.165, 1.54) is 12.1 Å². The van der Waals surface area contributed by atoms with Crippen LogP contribution in [0, 0.1) is 10.1 Å². The molecule has 5 rings (SSSR count). The van der Waals surface area contributed by atoms with Gasteiger partial charge in [-0.05, 0) is 49.2 Å². The van der Waals surface area contributed by atoms with E-state index in [1.807, 2.05) is 12.1 Å². The van der Waals surface area contributed by atoms with Crippen LogP contribution in [0.2, 0.25) is 0 Å². The number of hydrogen-bond acceptors (Lipinski definition) is 8. The van der Waals surface area contributed by atoms with Crippen molar-refractivity contribution in [1.29, 1.82) is 0 Å². The summed E-state index contributed by atoms with van der Waals surface area (Å²) in [6.45, 7) is 3.11. The summed E-state index contributed by atoms with van der Waals surface area (Å²) in [7, 11) is 0. The van der Waals surface area contributed by atoms with E-state index in [1.54, 1.807) is 36.4 Å². The molecule has 0 saturated heterocycles. The molecule has 0 saturated carbocycles. The highest BCUT2D eigenvalue weighted by Gasteiger charge is 2.23. The van der Waals surface area contributed by atoms with Crippen molar-refractivity contribution >= 4 is 53.0 Å². The molecule has 0 aromatic heterocycles. The third kappa shape index (κ3) is 6.62. The van der Waals surface area contributed by atoms with Crippen molar-refractivity contribution in [2.45, 2.75) is 12.8 Å². The summed E-state index contributed by atoms with van der Waals surface area (Å²) >= 11 is 0. The molecule has 0 bridgehead atoms. The molecule has 2 amide bonds. The van der Waals surface area contributed by atoms with Gasteiger partial charge in [0.2, 0.25) is 0 Å². The van der Waals surface area contributed by atoms with Gasteiger partial charge >= 0.3 is 0 Å². The van der Waals surface area contributed by atoms with Crippen LogP contribution in [-0.4, -0.2) is 54.6 Å². The second-order valence-corrected chi connectivity index (χ2v) is 9.08. The Morgan fingerprint density at radius 2 is 1.32 bits per heavy atom. The van der Waals surface area contributed by atoms with Crippen LogP contribution in [0.1, 0.15) is 44.7 Å². The Labute approximate surface area is 236 Å². The SMILES string of the molecule is Cl.O=C(Nc1cccc(C2=NCCCN2)c1)c1ccc(C(=O)Nc2cccc(C3=NCCCN3)c2)c([N+](=O)[O-])c1. The molecule has 3 aromatic carbocycles. The second-order valence-electron chi connectivity index (χ2n) is 9.08. The number of halogens is 1. The minimum absolute atomic E-state index is 0. The molecule has 0 unspecified atom stereocenters. The van der Waals surface area contributed by atoms with E-state index in [-0.39, 0.29) is 23.5 Å². The van der Waals surface area contributed by atoms with Gasteiger partial charge in [0.25, 0.3) is 17.5 Å². The Hall–Kier alpha value is -4.77. The largest absolute Gasteiger partial charge is 0.370 e. The molecule has 0 atom stereocenters. The van der Waals surface area contributed by atoms with Crippen LogP contribution in [0.25, 0.3) is 0 Å². The Morgan fingerprint density at radius 3 is 1.82 bits per heavy atom. The zero-order valence-electron chi connectivity index (χ0n) is 21.5. The third-order valence-electron chi connectivity index (χ3n) is 6.28. The molecule has 0 spiro atoms. The summed E-state index contributed by atoms with van der Waals surface area (Å²) in [4.78, 5) is 46.0. The molecule has 2 heterocycles. The van der Waals surface area contributed by atoms with Gasteiger partial charge in [-0.3, -0.25) is 29.7 Å². The summed E-state index contributed by atoms with van der Waals surface area (Å²) in [5, 5.41) is 23.8. The van der Waals surface area contributed by atoms with E-state index in [4.69, 9.17) is 0 Å². The Morgan fingerprint density at radius 1 is 0.775 bits per heavy atom. The number of aliphatic imine (C=N–C) groups is 2. The fraction of sp³-hybridized carbons (Fsp3) is 0.214. The lowest BCUT2D eigenvalue weighted by atomic mass is 10.1. The number of carbonyl (C=O) groups is 2. The van der Waals surface area contributed by atoms with Gasteiger partial charge in [0.05, 0.1) is 4.92 Å². The van der Waals surface area contributed by atoms with Crippen LogP contribution < -0.4 is 21.3 Å². The van der Waals surface area contributed by atoms with Crippen LogP contribution >= 0.6 is 12.4 Å². The number of nitro benzene ring substituents is 1. The highest BCUT2D eigenvalue weighted by molar-refractivity contribution is 6.10. The van der Waals surface area contributed by atoms with E-state index in [9.17, 15) is 19.7 Å². The standard InChI is InChI=1S/C28H27N7O4.ClH/c36-27(33-21-7-1-5-18(15-21)25-29-11-3-12-30-25)20-9-10-23(24(17-20)35(38)39)28(37)34-22-8-2-6-19(16-22)26-31-13-4-14-32-26;/h1-2,5-10,15-17H,3-4,11-14H2,(H,29,30)(H,31,32)(H,33,36)(H,34,37);1H. The van der Waals surface area contributed by atoms with Crippen LogP contribution in [0.3, 0.4) is 0 Å². The molecular weight excluding hydrogens is 534 g/mol. The molecule has 0 fully saturated rings. The van der Waals surface area contributed by atoms with E-state index in [2.05, 4.69) is 31.3 Å². The van der Waals surface area contributed by atoms with Gasteiger partial charge in [-0.2, -0.15) is 0 Å². The number of benzene rings is 3. The maximum atomic E-state index is 13.0. The molecule has 2 aliphatic rings. The molecule has 0 radical (unpaired) electrons. The first-order chi connectivity index (χ1) is 19.0. The summed E-state index contributed by atoms with van der Waals surface area (Å²) in [6, 6.07) is 18.1. The molecular formula is C28H28ClN7O4. The lowest BCUT2D eigenvalue weighted by Crippen LogP contribution is -2.30. The fourth-order valence-electron chi connectivity index (χ4n) is 4.36. The predicted octanol–water partition coefficient (Wildman–Crippen LogP) is 4.00. The number of amides is 2. The smallest absolute Gasteiger partial charge is 0.282 e. The van der Waals surface area contributed by atoms with Gasteiger partial charge in [-0.15, -0.1) is 12.4 Å². The molecule has 2 aliphatic heterocycles. The number of nitrogens with zero attached hydrogens (tertiary/aromatic N) is 3. The summed E-state index contributed by atoms with van der Waals surface area (Å²) in [5.41, 5.74) is 2.07. The summed E-state index contributed by atoms with van der Waals surface area (Å²) < 4.78 is 0. The fourth-order valence-corrected chi connectivity index (χ4v) is 4.36. The molecule has 206 valence electrons. The first kappa shape index (κ1) is 28.2. The zero-order valence-corrected chi connectivity index (χ0v) is 22.3. The summed E-state index contributed by atoms with van der Waals surface area (Å²) in [6.07, 6.45) is 1.92. The van der Waals surface area contributed by atoms with Crippen LogP contribution in [-0.2, 0) is 0 Å². The molecule has 3 aromatic rings. The number of carbonyl (C=O) groups excluding carboxylic acids is 2. The van der Waals surface area contributed by atoms with E-state index in [0.717, 1.165) is 67.9 Å². The van der Waals surface area contributed by atoms with Crippen molar-refractivity contribution in [2.75, 3.05) is 36.8 Å². The average Bonchev–Trinajstić information content (AvgIpc) is 2.98. The first-order valence-electron chi connectivity index (χ1n) is 12.7. The normalized spacial score (nSPS) is 14.3. The maximum Gasteiger partial charge on any atom is 0.282 e. The highest BCUT2D eigenvalue weighted by atomic mass is 35.5. The van der Waals surface area contributed by atoms with E-state index in [0.29, 0.717) is 11.4 Å². The lowest BCUT2D eigenvalue weighted by molar-refractivity contribution is -0.385. The van der Waals surface area contributed by atoms with Crippen molar-refractivity contribution in [3.05, 3.63) is 99.1 Å². The van der Waals surface area contributed by atoms with Crippen molar-refractivity contribution in [1.82, 2.24) is 10.6 Å². The number of rotatable bonds is 7. The van der Waals surface area contributed by atoms with Crippen LogP contribution in [0.5, 0.6) is 0 Å². The van der Waals surface area contributed by atoms with Gasteiger partial charge in [0.15, 0.2) is 0 Å². The molecule has 0 aliphatic carbocycles. The summed E-state index contributed by atoms with van der Waals surface area (Å²) in [5.74, 6) is 0.316. The minimum atomic E-state index is -0.670. The highest BCUT2D eigenvalue weighted by Crippen LogP contribution is 2.23. The van der Waals surface area contributed by atoms with Crippen molar-refractivity contribution in [3.8, 4) is 0 Å².